The second-order valence-corrected chi connectivity index (χ2v) is 5.48. The van der Waals surface area contributed by atoms with E-state index in [1.54, 1.807) is 29.9 Å². The number of rotatable bonds is 7. The highest BCUT2D eigenvalue weighted by Crippen LogP contribution is 2.26. The first-order valence-electron chi connectivity index (χ1n) is 7.52. The van der Waals surface area contributed by atoms with Gasteiger partial charge in [-0.1, -0.05) is 13.0 Å². The van der Waals surface area contributed by atoms with Crippen LogP contribution in [0.3, 0.4) is 0 Å². The molecule has 2 rings (SSSR count). The molecule has 0 fully saturated rings. The number of hydrogen-bond donors (Lipinski definition) is 2. The Morgan fingerprint density at radius 1 is 1.38 bits per heavy atom. The van der Waals surface area contributed by atoms with E-state index in [0.29, 0.717) is 24.3 Å². The minimum absolute atomic E-state index is 0.0369. The number of aromatic nitrogens is 2. The van der Waals surface area contributed by atoms with Crippen LogP contribution in [0.4, 0.5) is 19.3 Å². The average molecular weight is 338 g/mol. The molecule has 1 atom stereocenters. The molecule has 0 spiro atoms. The number of nitrogens with zero attached hydrogens (tertiary/aromatic N) is 2. The zero-order valence-corrected chi connectivity index (χ0v) is 13.5. The number of alkyl halides is 2. The van der Waals surface area contributed by atoms with Crippen LogP contribution in [0.5, 0.6) is 5.75 Å². The van der Waals surface area contributed by atoms with Crippen LogP contribution in [0, 0.1) is 12.8 Å². The summed E-state index contributed by atoms with van der Waals surface area (Å²) in [5.41, 5.74) is 0.864. The van der Waals surface area contributed by atoms with Crippen LogP contribution in [-0.4, -0.2) is 29.0 Å². The largest absolute Gasteiger partial charge is 0.434 e. The van der Waals surface area contributed by atoms with Crippen LogP contribution < -0.4 is 15.4 Å². The van der Waals surface area contributed by atoms with Gasteiger partial charge >= 0.3 is 12.6 Å². The molecule has 1 aromatic heterocycles. The Labute approximate surface area is 138 Å². The molecule has 24 heavy (non-hydrogen) atoms. The molecule has 2 aromatic rings. The summed E-state index contributed by atoms with van der Waals surface area (Å²) in [7, 11) is 0. The van der Waals surface area contributed by atoms with Crippen LogP contribution in [0.1, 0.15) is 12.5 Å². The summed E-state index contributed by atoms with van der Waals surface area (Å²) in [6.07, 6.45) is 3.55. The summed E-state index contributed by atoms with van der Waals surface area (Å²) in [5.74, 6) is 0.222. The zero-order valence-electron chi connectivity index (χ0n) is 13.5. The van der Waals surface area contributed by atoms with Crippen molar-refractivity contribution in [1.29, 1.82) is 0 Å². The van der Waals surface area contributed by atoms with Gasteiger partial charge < -0.3 is 15.4 Å². The average Bonchev–Trinajstić information content (AvgIpc) is 3.02. The Bertz CT molecular complexity index is 662. The SMILES string of the molecule is Cc1c(NC(=O)NC[C@H](C)Cn2cccn2)cccc1OC(F)F. The van der Waals surface area contributed by atoms with E-state index < -0.39 is 12.6 Å². The van der Waals surface area contributed by atoms with Gasteiger partial charge in [-0.2, -0.15) is 13.9 Å². The first kappa shape index (κ1) is 17.7. The van der Waals surface area contributed by atoms with Gasteiger partial charge in [-0.25, -0.2) is 4.79 Å². The molecule has 1 heterocycles. The minimum Gasteiger partial charge on any atom is -0.434 e. The van der Waals surface area contributed by atoms with Crippen molar-refractivity contribution >= 4 is 11.7 Å². The fourth-order valence-corrected chi connectivity index (χ4v) is 2.20. The molecule has 0 aliphatic rings. The predicted octanol–water partition coefficient (Wildman–Crippen LogP) is 3.25. The van der Waals surface area contributed by atoms with Crippen molar-refractivity contribution in [3.8, 4) is 5.75 Å². The smallest absolute Gasteiger partial charge is 0.387 e. The molecule has 0 saturated carbocycles. The fourth-order valence-electron chi connectivity index (χ4n) is 2.20. The van der Waals surface area contributed by atoms with Crippen LogP contribution in [0.2, 0.25) is 0 Å². The monoisotopic (exact) mass is 338 g/mol. The van der Waals surface area contributed by atoms with Gasteiger partial charge in [0.2, 0.25) is 0 Å². The Balaban J connectivity index is 1.86. The molecule has 0 bridgehead atoms. The van der Waals surface area contributed by atoms with Crippen molar-refractivity contribution in [1.82, 2.24) is 15.1 Å². The number of anilines is 1. The fraction of sp³-hybridized carbons (Fsp3) is 0.375. The number of hydrogen-bond acceptors (Lipinski definition) is 3. The quantitative estimate of drug-likeness (QED) is 0.814. The maximum atomic E-state index is 12.3. The topological polar surface area (TPSA) is 68.2 Å². The highest BCUT2D eigenvalue weighted by atomic mass is 19.3. The number of carbonyl (C=O) groups excluding carboxylic acids is 1. The lowest BCUT2D eigenvalue weighted by molar-refractivity contribution is -0.0502. The van der Waals surface area contributed by atoms with Crippen LogP contribution in [0.15, 0.2) is 36.7 Å². The van der Waals surface area contributed by atoms with E-state index in [1.165, 1.54) is 6.07 Å². The van der Waals surface area contributed by atoms with E-state index in [9.17, 15) is 13.6 Å². The number of ether oxygens (including phenoxy) is 1. The second kappa shape index (κ2) is 8.28. The molecule has 1 aromatic carbocycles. The lowest BCUT2D eigenvalue weighted by Gasteiger charge is -2.15. The summed E-state index contributed by atoms with van der Waals surface area (Å²) in [4.78, 5) is 12.0. The molecule has 0 aliphatic heterocycles. The van der Waals surface area contributed by atoms with Crippen molar-refractivity contribution in [2.75, 3.05) is 11.9 Å². The van der Waals surface area contributed by atoms with Gasteiger partial charge in [-0.3, -0.25) is 4.68 Å². The lowest BCUT2D eigenvalue weighted by Crippen LogP contribution is -2.33. The molecular formula is C16H20F2N4O2. The highest BCUT2D eigenvalue weighted by molar-refractivity contribution is 5.90. The molecular weight excluding hydrogens is 318 g/mol. The van der Waals surface area contributed by atoms with Gasteiger partial charge in [-0.15, -0.1) is 0 Å². The van der Waals surface area contributed by atoms with Gasteiger partial charge in [0, 0.05) is 36.7 Å². The minimum atomic E-state index is -2.91. The third-order valence-electron chi connectivity index (χ3n) is 3.42. The van der Waals surface area contributed by atoms with E-state index in [0.717, 1.165) is 0 Å². The Hall–Kier alpha value is -2.64. The van der Waals surface area contributed by atoms with Gasteiger partial charge in [0.15, 0.2) is 0 Å². The van der Waals surface area contributed by atoms with E-state index in [4.69, 9.17) is 0 Å². The normalized spacial score (nSPS) is 12.0. The van der Waals surface area contributed by atoms with Crippen molar-refractivity contribution in [3.63, 3.8) is 0 Å². The molecule has 8 heteroatoms. The Morgan fingerprint density at radius 3 is 2.83 bits per heavy atom. The third kappa shape index (κ3) is 5.22. The van der Waals surface area contributed by atoms with Crippen LogP contribution >= 0.6 is 0 Å². The molecule has 2 N–H and O–H groups in total. The molecule has 130 valence electrons. The number of amides is 2. The first-order valence-corrected chi connectivity index (χ1v) is 7.52. The van der Waals surface area contributed by atoms with E-state index >= 15 is 0 Å². The molecule has 2 amide bonds. The molecule has 0 radical (unpaired) electrons. The number of benzene rings is 1. The standard InChI is InChI=1S/C16H20F2N4O2/c1-11(10-22-8-4-7-20-22)9-19-16(23)21-13-5-3-6-14(12(13)2)24-15(17)18/h3-8,11,15H,9-10H2,1-2H3,(H2,19,21,23)/t11-/m0/s1. The first-order chi connectivity index (χ1) is 11.5. The summed E-state index contributed by atoms with van der Waals surface area (Å²) in [5, 5.41) is 9.50. The Kier molecular flexibility index (Phi) is 6.11. The summed E-state index contributed by atoms with van der Waals surface area (Å²) < 4.78 is 30.9. The van der Waals surface area contributed by atoms with Crippen molar-refractivity contribution in [3.05, 3.63) is 42.2 Å². The van der Waals surface area contributed by atoms with Crippen molar-refractivity contribution < 1.29 is 18.3 Å². The molecule has 0 saturated heterocycles. The highest BCUT2D eigenvalue weighted by Gasteiger charge is 2.12. The zero-order chi connectivity index (χ0) is 17.5. The number of urea groups is 1. The number of nitrogens with one attached hydrogen (secondary N) is 2. The van der Waals surface area contributed by atoms with Gasteiger partial charge in [0.25, 0.3) is 0 Å². The summed E-state index contributed by atoms with van der Waals surface area (Å²) in [6.45, 7) is 1.83. The molecule has 0 aliphatic carbocycles. The van der Waals surface area contributed by atoms with Crippen molar-refractivity contribution in [2.45, 2.75) is 27.0 Å². The van der Waals surface area contributed by atoms with Crippen LogP contribution in [0.25, 0.3) is 0 Å². The number of carbonyl (C=O) groups is 1. The summed E-state index contributed by atoms with van der Waals surface area (Å²) in [6, 6.07) is 6.03. The van der Waals surface area contributed by atoms with Crippen LogP contribution in [-0.2, 0) is 6.54 Å². The molecule has 6 nitrogen and oxygen atoms in total. The maximum absolute atomic E-state index is 12.3. The van der Waals surface area contributed by atoms with Crippen molar-refractivity contribution in [2.24, 2.45) is 5.92 Å². The van der Waals surface area contributed by atoms with E-state index in [2.05, 4.69) is 20.5 Å². The maximum Gasteiger partial charge on any atom is 0.387 e. The Morgan fingerprint density at radius 2 is 2.17 bits per heavy atom. The summed E-state index contributed by atoms with van der Waals surface area (Å²) >= 11 is 0. The van der Waals surface area contributed by atoms with E-state index in [1.807, 2.05) is 19.2 Å². The third-order valence-corrected chi connectivity index (χ3v) is 3.42. The van der Waals surface area contributed by atoms with E-state index in [-0.39, 0.29) is 11.7 Å². The lowest BCUT2D eigenvalue weighted by atomic mass is 10.2. The predicted molar refractivity (Wildman–Crippen MR) is 86.2 cm³/mol. The van der Waals surface area contributed by atoms with Gasteiger partial charge in [0.05, 0.1) is 0 Å². The molecule has 0 unspecified atom stereocenters. The number of halogens is 2. The van der Waals surface area contributed by atoms with Gasteiger partial charge in [-0.05, 0) is 31.0 Å². The second-order valence-electron chi connectivity index (χ2n) is 5.48. The van der Waals surface area contributed by atoms with Gasteiger partial charge in [0.1, 0.15) is 5.75 Å².